The van der Waals surface area contributed by atoms with Crippen molar-refractivity contribution in [2.45, 2.75) is 46.4 Å². The Bertz CT molecular complexity index is 635. The van der Waals surface area contributed by atoms with Crippen molar-refractivity contribution in [3.63, 3.8) is 0 Å². The van der Waals surface area contributed by atoms with Crippen molar-refractivity contribution >= 4 is 24.0 Å². The topological polar surface area (TPSA) is 30.5 Å². The van der Waals surface area contributed by atoms with Gasteiger partial charge >= 0.3 is 0 Å². The number of halogens is 2. The van der Waals surface area contributed by atoms with E-state index in [1.54, 1.807) is 0 Å². The summed E-state index contributed by atoms with van der Waals surface area (Å²) in [5.74, 6) is 1.30. The fraction of sp³-hybridized carbons (Fsp3) is 0.400. The van der Waals surface area contributed by atoms with Crippen LogP contribution in [0.2, 0.25) is 5.02 Å². The molecule has 138 valence electrons. The average molecular weight is 384 g/mol. The Hall–Kier alpha value is -1.42. The lowest BCUT2D eigenvalue weighted by atomic mass is 10.1. The highest BCUT2D eigenvalue weighted by atomic mass is 35.5. The average Bonchev–Trinajstić information content (AvgIpc) is 2.60. The third kappa shape index (κ3) is 6.77. The predicted molar refractivity (Wildman–Crippen MR) is 107 cm³/mol. The number of rotatable bonds is 9. The number of hydrogen-bond donors (Lipinski definition) is 1. The van der Waals surface area contributed by atoms with Crippen molar-refractivity contribution in [3.05, 3.63) is 58.6 Å². The Balaban J connectivity index is 0.00000312. The molecule has 1 atom stereocenters. The van der Waals surface area contributed by atoms with Gasteiger partial charge in [0.2, 0.25) is 0 Å². The SMILES string of the molecule is CCOc1cc(CNC(C)CC)cc(Cl)c1OCc1ccccc1.Cl. The first-order chi connectivity index (χ1) is 11.6. The first kappa shape index (κ1) is 21.6. The molecule has 2 aromatic carbocycles. The molecule has 25 heavy (non-hydrogen) atoms. The van der Waals surface area contributed by atoms with Crippen molar-refractivity contribution in [1.82, 2.24) is 5.32 Å². The van der Waals surface area contributed by atoms with Crippen LogP contribution in [0.4, 0.5) is 0 Å². The van der Waals surface area contributed by atoms with E-state index in [1.165, 1.54) is 0 Å². The maximum Gasteiger partial charge on any atom is 0.180 e. The molecule has 1 unspecified atom stereocenters. The van der Waals surface area contributed by atoms with E-state index in [0.29, 0.717) is 35.8 Å². The number of hydrogen-bond acceptors (Lipinski definition) is 3. The van der Waals surface area contributed by atoms with Gasteiger partial charge in [-0.25, -0.2) is 0 Å². The molecular weight excluding hydrogens is 357 g/mol. The van der Waals surface area contributed by atoms with Crippen LogP contribution >= 0.6 is 24.0 Å². The van der Waals surface area contributed by atoms with Crippen LogP contribution in [0, 0.1) is 0 Å². The van der Waals surface area contributed by atoms with Gasteiger partial charge in [0.15, 0.2) is 11.5 Å². The molecule has 0 saturated carbocycles. The van der Waals surface area contributed by atoms with Crippen molar-refractivity contribution in [1.29, 1.82) is 0 Å². The fourth-order valence-corrected chi connectivity index (χ4v) is 2.58. The minimum absolute atomic E-state index is 0. The molecule has 0 saturated heterocycles. The molecule has 0 aromatic heterocycles. The van der Waals surface area contributed by atoms with Crippen LogP contribution in [0.3, 0.4) is 0 Å². The van der Waals surface area contributed by atoms with Gasteiger partial charge in [0.05, 0.1) is 11.6 Å². The van der Waals surface area contributed by atoms with Gasteiger partial charge in [-0.1, -0.05) is 48.9 Å². The molecule has 0 spiro atoms. The van der Waals surface area contributed by atoms with E-state index < -0.39 is 0 Å². The third-order valence-electron chi connectivity index (χ3n) is 3.86. The van der Waals surface area contributed by atoms with Gasteiger partial charge in [0, 0.05) is 12.6 Å². The van der Waals surface area contributed by atoms with Gasteiger partial charge in [-0.3, -0.25) is 0 Å². The molecule has 3 nitrogen and oxygen atoms in total. The Morgan fingerprint density at radius 2 is 1.76 bits per heavy atom. The summed E-state index contributed by atoms with van der Waals surface area (Å²) in [6.07, 6.45) is 1.09. The zero-order valence-corrected chi connectivity index (χ0v) is 16.6. The van der Waals surface area contributed by atoms with Crippen LogP contribution in [-0.4, -0.2) is 12.6 Å². The second-order valence-corrected chi connectivity index (χ2v) is 6.21. The number of ether oxygens (including phenoxy) is 2. The predicted octanol–water partition coefficient (Wildman–Crippen LogP) is 5.63. The van der Waals surface area contributed by atoms with Crippen molar-refractivity contribution in [2.75, 3.05) is 6.61 Å². The standard InChI is InChI=1S/C20H26ClNO2.ClH/c1-4-15(3)22-13-17-11-18(21)20(19(12-17)23-5-2)24-14-16-9-7-6-8-10-16;/h6-12,15,22H,4-5,13-14H2,1-3H3;1H. The molecule has 2 rings (SSSR count). The van der Waals surface area contributed by atoms with Crippen LogP contribution in [0.1, 0.15) is 38.3 Å². The van der Waals surface area contributed by atoms with E-state index in [0.717, 1.165) is 24.1 Å². The first-order valence-electron chi connectivity index (χ1n) is 8.49. The molecular formula is C20H27Cl2NO2. The summed E-state index contributed by atoms with van der Waals surface area (Å²) >= 11 is 6.45. The minimum atomic E-state index is 0. The van der Waals surface area contributed by atoms with Crippen LogP contribution in [0.25, 0.3) is 0 Å². The molecule has 0 amide bonds. The lowest BCUT2D eigenvalue weighted by Gasteiger charge is -2.17. The van der Waals surface area contributed by atoms with E-state index in [-0.39, 0.29) is 12.4 Å². The van der Waals surface area contributed by atoms with Crippen LogP contribution in [-0.2, 0) is 13.2 Å². The van der Waals surface area contributed by atoms with Gasteiger partial charge in [0.1, 0.15) is 6.61 Å². The second kappa shape index (κ2) is 11.2. The second-order valence-electron chi connectivity index (χ2n) is 5.80. The van der Waals surface area contributed by atoms with E-state index in [9.17, 15) is 0 Å². The largest absolute Gasteiger partial charge is 0.490 e. The minimum Gasteiger partial charge on any atom is -0.490 e. The molecule has 1 N–H and O–H groups in total. The Morgan fingerprint density at radius 1 is 1.04 bits per heavy atom. The third-order valence-corrected chi connectivity index (χ3v) is 4.14. The summed E-state index contributed by atoms with van der Waals surface area (Å²) in [5.41, 5.74) is 2.19. The Morgan fingerprint density at radius 3 is 2.40 bits per heavy atom. The van der Waals surface area contributed by atoms with E-state index in [1.807, 2.05) is 49.4 Å². The molecule has 2 aromatic rings. The summed E-state index contributed by atoms with van der Waals surface area (Å²) in [7, 11) is 0. The molecule has 5 heteroatoms. The van der Waals surface area contributed by atoms with Crippen LogP contribution < -0.4 is 14.8 Å². The van der Waals surface area contributed by atoms with Crippen molar-refractivity contribution in [3.8, 4) is 11.5 Å². The molecule has 0 aliphatic carbocycles. The van der Waals surface area contributed by atoms with Gasteiger partial charge in [0.25, 0.3) is 0 Å². The zero-order chi connectivity index (χ0) is 17.4. The maximum absolute atomic E-state index is 6.45. The van der Waals surface area contributed by atoms with Gasteiger partial charge < -0.3 is 14.8 Å². The highest BCUT2D eigenvalue weighted by Gasteiger charge is 2.13. The summed E-state index contributed by atoms with van der Waals surface area (Å²) in [6.45, 7) is 8.08. The van der Waals surface area contributed by atoms with Crippen molar-refractivity contribution < 1.29 is 9.47 Å². The first-order valence-corrected chi connectivity index (χ1v) is 8.87. The highest BCUT2D eigenvalue weighted by molar-refractivity contribution is 6.32. The highest BCUT2D eigenvalue weighted by Crippen LogP contribution is 2.37. The van der Waals surface area contributed by atoms with Crippen LogP contribution in [0.15, 0.2) is 42.5 Å². The molecule has 0 fully saturated rings. The van der Waals surface area contributed by atoms with Crippen molar-refractivity contribution in [2.24, 2.45) is 0 Å². The lowest BCUT2D eigenvalue weighted by Crippen LogP contribution is -2.24. The lowest BCUT2D eigenvalue weighted by molar-refractivity contribution is 0.269. The summed E-state index contributed by atoms with van der Waals surface area (Å²) < 4.78 is 11.7. The maximum atomic E-state index is 6.45. The summed E-state index contributed by atoms with van der Waals surface area (Å²) in [4.78, 5) is 0. The zero-order valence-electron chi connectivity index (χ0n) is 15.0. The van der Waals surface area contributed by atoms with Gasteiger partial charge in [-0.05, 0) is 43.5 Å². The summed E-state index contributed by atoms with van der Waals surface area (Å²) in [5, 5.41) is 4.05. The summed E-state index contributed by atoms with van der Waals surface area (Å²) in [6, 6.07) is 14.4. The van der Waals surface area contributed by atoms with Crippen LogP contribution in [0.5, 0.6) is 11.5 Å². The van der Waals surface area contributed by atoms with E-state index in [4.69, 9.17) is 21.1 Å². The fourth-order valence-electron chi connectivity index (χ4n) is 2.29. The molecule has 0 heterocycles. The van der Waals surface area contributed by atoms with Gasteiger partial charge in [-0.15, -0.1) is 12.4 Å². The van der Waals surface area contributed by atoms with Gasteiger partial charge in [-0.2, -0.15) is 0 Å². The smallest absolute Gasteiger partial charge is 0.180 e. The molecule has 0 aliphatic rings. The monoisotopic (exact) mass is 383 g/mol. The molecule has 0 aliphatic heterocycles. The van der Waals surface area contributed by atoms with E-state index in [2.05, 4.69) is 19.2 Å². The number of nitrogens with one attached hydrogen (secondary N) is 1. The Kier molecular flexibility index (Phi) is 9.73. The quantitative estimate of drug-likeness (QED) is 0.608. The van der Waals surface area contributed by atoms with E-state index >= 15 is 0 Å². The Labute approximate surface area is 162 Å². The molecule has 0 radical (unpaired) electrons. The number of benzene rings is 2. The normalized spacial score (nSPS) is 11.5. The molecule has 0 bridgehead atoms.